The molecule has 0 unspecified atom stereocenters. The van der Waals surface area contributed by atoms with Gasteiger partial charge in [-0.15, -0.1) is 0 Å². The molecule has 22 heavy (non-hydrogen) atoms. The Bertz CT molecular complexity index is 792. The van der Waals surface area contributed by atoms with E-state index in [1.807, 2.05) is 6.92 Å². The number of nitrogens with zero attached hydrogens (tertiary/aromatic N) is 3. The number of alkyl halides is 3. The van der Waals surface area contributed by atoms with Crippen LogP contribution in [0.5, 0.6) is 0 Å². The molecule has 2 heterocycles. The molecule has 3 rings (SSSR count). The van der Waals surface area contributed by atoms with Gasteiger partial charge in [0, 0.05) is 29.8 Å². The molecule has 0 saturated carbocycles. The Hall–Kier alpha value is -2.63. The molecule has 6 heteroatoms. The largest absolute Gasteiger partial charge is 0.434 e. The van der Waals surface area contributed by atoms with E-state index in [-0.39, 0.29) is 5.82 Å². The number of para-hydroxylation sites is 1. The van der Waals surface area contributed by atoms with E-state index in [0.717, 1.165) is 11.8 Å². The van der Waals surface area contributed by atoms with Gasteiger partial charge in [-0.05, 0) is 30.7 Å². The van der Waals surface area contributed by atoms with E-state index in [9.17, 15) is 13.2 Å². The van der Waals surface area contributed by atoms with Crippen molar-refractivity contribution < 1.29 is 13.2 Å². The highest BCUT2D eigenvalue weighted by Crippen LogP contribution is 2.32. The number of aryl methyl sites for hydroxylation is 1. The van der Waals surface area contributed by atoms with Gasteiger partial charge in [-0.3, -0.25) is 9.55 Å². The Balaban J connectivity index is 2.22. The van der Waals surface area contributed by atoms with Crippen LogP contribution in [0.1, 0.15) is 11.3 Å². The first-order chi connectivity index (χ1) is 10.4. The predicted octanol–water partition coefficient (Wildman–Crippen LogP) is 4.26. The molecule has 0 aliphatic rings. The number of benzene rings is 1. The molecular formula is C16H12F3N3. The van der Waals surface area contributed by atoms with Crippen molar-refractivity contribution in [1.29, 1.82) is 0 Å². The van der Waals surface area contributed by atoms with E-state index in [1.165, 1.54) is 10.8 Å². The minimum Gasteiger partial charge on any atom is -0.299 e. The Morgan fingerprint density at radius 2 is 1.77 bits per heavy atom. The standard InChI is InChI=1S/C16H12F3N3/c1-11-7-12(9-20-8-11)15-21-14(16(17,18)19)10-22(15)13-5-3-2-4-6-13/h2-10H,1H3. The monoisotopic (exact) mass is 303 g/mol. The van der Waals surface area contributed by atoms with Crippen molar-refractivity contribution in [2.45, 2.75) is 13.1 Å². The SMILES string of the molecule is Cc1cncc(-c2nc(C(F)(F)F)cn2-c2ccccc2)c1. The van der Waals surface area contributed by atoms with Crippen LogP contribution in [0.15, 0.2) is 55.0 Å². The van der Waals surface area contributed by atoms with Crippen LogP contribution < -0.4 is 0 Å². The van der Waals surface area contributed by atoms with Crippen molar-refractivity contribution in [3.8, 4) is 17.1 Å². The van der Waals surface area contributed by atoms with Crippen LogP contribution in [0.4, 0.5) is 13.2 Å². The maximum absolute atomic E-state index is 13.0. The smallest absolute Gasteiger partial charge is 0.299 e. The van der Waals surface area contributed by atoms with Crippen LogP contribution in [-0.2, 0) is 6.18 Å². The van der Waals surface area contributed by atoms with Crippen molar-refractivity contribution in [2.75, 3.05) is 0 Å². The summed E-state index contributed by atoms with van der Waals surface area (Å²) in [7, 11) is 0. The number of rotatable bonds is 2. The minimum absolute atomic E-state index is 0.217. The number of hydrogen-bond acceptors (Lipinski definition) is 2. The summed E-state index contributed by atoms with van der Waals surface area (Å²) in [5.74, 6) is 0.217. The normalized spacial score (nSPS) is 11.6. The van der Waals surface area contributed by atoms with Crippen molar-refractivity contribution in [1.82, 2.24) is 14.5 Å². The van der Waals surface area contributed by atoms with E-state index >= 15 is 0 Å². The molecule has 0 radical (unpaired) electrons. The van der Waals surface area contributed by atoms with Gasteiger partial charge in [0.1, 0.15) is 5.82 Å². The molecule has 3 nitrogen and oxygen atoms in total. The van der Waals surface area contributed by atoms with E-state index in [4.69, 9.17) is 0 Å². The molecule has 2 aromatic heterocycles. The van der Waals surface area contributed by atoms with Gasteiger partial charge in [-0.1, -0.05) is 18.2 Å². The van der Waals surface area contributed by atoms with Gasteiger partial charge < -0.3 is 0 Å². The van der Waals surface area contributed by atoms with E-state index in [1.54, 1.807) is 42.6 Å². The highest BCUT2D eigenvalue weighted by molar-refractivity contribution is 5.59. The molecule has 0 bridgehead atoms. The summed E-state index contributed by atoms with van der Waals surface area (Å²) < 4.78 is 40.4. The first-order valence-corrected chi connectivity index (χ1v) is 6.59. The molecule has 0 spiro atoms. The van der Waals surface area contributed by atoms with Crippen LogP contribution >= 0.6 is 0 Å². The molecule has 112 valence electrons. The zero-order valence-corrected chi connectivity index (χ0v) is 11.7. The fourth-order valence-corrected chi connectivity index (χ4v) is 2.18. The second-order valence-corrected chi connectivity index (χ2v) is 4.90. The van der Waals surface area contributed by atoms with Gasteiger partial charge in [-0.2, -0.15) is 13.2 Å². The summed E-state index contributed by atoms with van der Waals surface area (Å²) in [6, 6.07) is 10.6. The van der Waals surface area contributed by atoms with E-state index < -0.39 is 11.9 Å². The van der Waals surface area contributed by atoms with E-state index in [2.05, 4.69) is 9.97 Å². The second kappa shape index (κ2) is 5.29. The first-order valence-electron chi connectivity index (χ1n) is 6.59. The molecule has 0 aliphatic heterocycles. The lowest BCUT2D eigenvalue weighted by Gasteiger charge is -2.07. The fourth-order valence-electron chi connectivity index (χ4n) is 2.18. The summed E-state index contributed by atoms with van der Waals surface area (Å²) in [5, 5.41) is 0. The maximum Gasteiger partial charge on any atom is 0.434 e. The fraction of sp³-hybridized carbons (Fsp3) is 0.125. The average molecular weight is 303 g/mol. The second-order valence-electron chi connectivity index (χ2n) is 4.90. The molecule has 0 saturated heterocycles. The first kappa shape index (κ1) is 14.3. The van der Waals surface area contributed by atoms with Crippen molar-refractivity contribution in [3.63, 3.8) is 0 Å². The van der Waals surface area contributed by atoms with Crippen molar-refractivity contribution in [2.24, 2.45) is 0 Å². The molecule has 1 aromatic carbocycles. The van der Waals surface area contributed by atoms with E-state index in [0.29, 0.717) is 11.3 Å². The maximum atomic E-state index is 13.0. The van der Waals surface area contributed by atoms with Gasteiger partial charge in [0.05, 0.1) is 0 Å². The number of imidazole rings is 1. The van der Waals surface area contributed by atoms with Crippen molar-refractivity contribution >= 4 is 0 Å². The summed E-state index contributed by atoms with van der Waals surface area (Å²) >= 11 is 0. The molecule has 0 amide bonds. The topological polar surface area (TPSA) is 30.7 Å². The van der Waals surface area contributed by atoms with Crippen LogP contribution in [0, 0.1) is 6.92 Å². The zero-order chi connectivity index (χ0) is 15.7. The van der Waals surface area contributed by atoms with Crippen LogP contribution in [-0.4, -0.2) is 14.5 Å². The van der Waals surface area contributed by atoms with Crippen molar-refractivity contribution in [3.05, 3.63) is 66.2 Å². The Morgan fingerprint density at radius 3 is 2.41 bits per heavy atom. The lowest BCUT2D eigenvalue weighted by molar-refractivity contribution is -0.140. The molecule has 0 N–H and O–H groups in total. The Morgan fingerprint density at radius 1 is 1.05 bits per heavy atom. The number of pyridine rings is 1. The third-order valence-electron chi connectivity index (χ3n) is 3.16. The van der Waals surface area contributed by atoms with Gasteiger partial charge >= 0.3 is 6.18 Å². The van der Waals surface area contributed by atoms with Gasteiger partial charge in [0.15, 0.2) is 5.69 Å². The molecular weight excluding hydrogens is 291 g/mol. The zero-order valence-electron chi connectivity index (χ0n) is 11.7. The quantitative estimate of drug-likeness (QED) is 0.708. The third kappa shape index (κ3) is 2.72. The minimum atomic E-state index is -4.49. The predicted molar refractivity (Wildman–Crippen MR) is 76.5 cm³/mol. The number of halogens is 3. The summed E-state index contributed by atoms with van der Waals surface area (Å²) in [5.41, 5.74) is 1.09. The number of hydrogen-bond donors (Lipinski definition) is 0. The summed E-state index contributed by atoms with van der Waals surface area (Å²) in [6.07, 6.45) is -0.335. The molecule has 0 atom stereocenters. The highest BCUT2D eigenvalue weighted by atomic mass is 19.4. The van der Waals surface area contributed by atoms with Crippen LogP contribution in [0.25, 0.3) is 17.1 Å². The summed E-state index contributed by atoms with van der Waals surface area (Å²) in [6.45, 7) is 1.83. The summed E-state index contributed by atoms with van der Waals surface area (Å²) in [4.78, 5) is 7.80. The van der Waals surface area contributed by atoms with Gasteiger partial charge in [0.25, 0.3) is 0 Å². The van der Waals surface area contributed by atoms with Gasteiger partial charge in [-0.25, -0.2) is 4.98 Å². The van der Waals surface area contributed by atoms with Crippen LogP contribution in [0.3, 0.4) is 0 Å². The average Bonchev–Trinajstić information content (AvgIpc) is 2.93. The highest BCUT2D eigenvalue weighted by Gasteiger charge is 2.35. The van der Waals surface area contributed by atoms with Crippen LogP contribution in [0.2, 0.25) is 0 Å². The molecule has 3 aromatic rings. The molecule has 0 aliphatic carbocycles. The number of aromatic nitrogens is 3. The lowest BCUT2D eigenvalue weighted by atomic mass is 10.2. The molecule has 0 fully saturated rings. The Kier molecular flexibility index (Phi) is 3.44. The Labute approximate surface area is 125 Å². The lowest BCUT2D eigenvalue weighted by Crippen LogP contribution is -2.05. The van der Waals surface area contributed by atoms with Gasteiger partial charge in [0.2, 0.25) is 0 Å². The third-order valence-corrected chi connectivity index (χ3v) is 3.16.